The van der Waals surface area contributed by atoms with E-state index >= 15 is 0 Å². The number of aliphatic hydroxyl groups excluding tert-OH is 1. The highest BCUT2D eigenvalue weighted by atomic mass is 16.5. The van der Waals surface area contributed by atoms with Crippen LogP contribution in [-0.2, 0) is 0 Å². The summed E-state index contributed by atoms with van der Waals surface area (Å²) in [6.45, 7) is 4.44. The van der Waals surface area contributed by atoms with Gasteiger partial charge < -0.3 is 9.84 Å². The topological polar surface area (TPSA) is 29.5 Å². The molecule has 1 aliphatic carbocycles. The fourth-order valence-electron chi connectivity index (χ4n) is 2.33. The van der Waals surface area contributed by atoms with E-state index < -0.39 is 0 Å². The molecule has 1 saturated carbocycles. The van der Waals surface area contributed by atoms with Crippen molar-refractivity contribution in [2.24, 2.45) is 0 Å². The van der Waals surface area contributed by atoms with Gasteiger partial charge in [-0.2, -0.15) is 0 Å². The van der Waals surface area contributed by atoms with Crippen LogP contribution >= 0.6 is 0 Å². The third-order valence-corrected chi connectivity index (χ3v) is 3.72. The average Bonchev–Trinajstić information content (AvgIpc) is 2.75. The van der Waals surface area contributed by atoms with Gasteiger partial charge in [-0.3, -0.25) is 0 Å². The first-order chi connectivity index (χ1) is 8.19. The van der Waals surface area contributed by atoms with Gasteiger partial charge >= 0.3 is 0 Å². The van der Waals surface area contributed by atoms with Crippen LogP contribution in [0.15, 0.2) is 24.3 Å². The summed E-state index contributed by atoms with van der Waals surface area (Å²) in [5.41, 5.74) is 1.37. The minimum absolute atomic E-state index is 0.167. The molecule has 94 valence electrons. The molecule has 2 nitrogen and oxygen atoms in total. The summed E-state index contributed by atoms with van der Waals surface area (Å²) in [5, 5.41) is 9.45. The van der Waals surface area contributed by atoms with Gasteiger partial charge in [-0.05, 0) is 42.9 Å². The van der Waals surface area contributed by atoms with Crippen molar-refractivity contribution in [3.63, 3.8) is 0 Å². The van der Waals surface area contributed by atoms with Crippen molar-refractivity contribution in [3.8, 4) is 5.75 Å². The number of ether oxygens (including phenoxy) is 1. The Balaban J connectivity index is 1.94. The fraction of sp³-hybridized carbons (Fsp3) is 0.600. The average molecular weight is 234 g/mol. The van der Waals surface area contributed by atoms with Gasteiger partial charge in [-0.25, -0.2) is 0 Å². The number of aliphatic hydroxyl groups is 1. The lowest BCUT2D eigenvalue weighted by atomic mass is 9.99. The van der Waals surface area contributed by atoms with Gasteiger partial charge in [0, 0.05) is 6.42 Å². The zero-order valence-electron chi connectivity index (χ0n) is 10.7. The monoisotopic (exact) mass is 234 g/mol. The molecule has 2 rings (SSSR count). The molecule has 0 spiro atoms. The van der Waals surface area contributed by atoms with Crippen molar-refractivity contribution in [1.82, 2.24) is 0 Å². The number of rotatable bonds is 4. The molecule has 1 fully saturated rings. The van der Waals surface area contributed by atoms with Crippen LogP contribution in [-0.4, -0.2) is 17.3 Å². The first kappa shape index (κ1) is 12.4. The molecule has 0 saturated heterocycles. The highest BCUT2D eigenvalue weighted by Crippen LogP contribution is 2.26. The van der Waals surface area contributed by atoms with Gasteiger partial charge in [-0.15, -0.1) is 0 Å². The zero-order valence-corrected chi connectivity index (χ0v) is 10.7. The summed E-state index contributed by atoms with van der Waals surface area (Å²) >= 11 is 0. The summed E-state index contributed by atoms with van der Waals surface area (Å²) in [4.78, 5) is 0. The van der Waals surface area contributed by atoms with Gasteiger partial charge in [0.05, 0.1) is 6.10 Å². The van der Waals surface area contributed by atoms with Crippen LogP contribution in [0.2, 0.25) is 0 Å². The van der Waals surface area contributed by atoms with Gasteiger partial charge in [0.25, 0.3) is 0 Å². The van der Waals surface area contributed by atoms with E-state index in [1.807, 2.05) is 12.1 Å². The molecular formula is C15H22O2. The molecule has 1 aromatic rings. The number of benzene rings is 1. The first-order valence-corrected chi connectivity index (χ1v) is 6.63. The van der Waals surface area contributed by atoms with Crippen LogP contribution in [0.1, 0.15) is 51.0 Å². The van der Waals surface area contributed by atoms with E-state index in [0.29, 0.717) is 5.92 Å². The Morgan fingerprint density at radius 1 is 1.29 bits per heavy atom. The summed E-state index contributed by atoms with van der Waals surface area (Å²) in [7, 11) is 0. The van der Waals surface area contributed by atoms with E-state index in [1.54, 1.807) is 0 Å². The van der Waals surface area contributed by atoms with E-state index in [-0.39, 0.29) is 12.2 Å². The van der Waals surface area contributed by atoms with Crippen LogP contribution in [0.5, 0.6) is 5.75 Å². The highest BCUT2D eigenvalue weighted by molar-refractivity contribution is 5.29. The van der Waals surface area contributed by atoms with Crippen LogP contribution in [0, 0.1) is 0 Å². The second kappa shape index (κ2) is 5.54. The minimum atomic E-state index is -0.167. The van der Waals surface area contributed by atoms with Gasteiger partial charge in [-0.1, -0.05) is 26.0 Å². The second-order valence-corrected chi connectivity index (χ2v) is 5.09. The highest BCUT2D eigenvalue weighted by Gasteiger charge is 2.24. The van der Waals surface area contributed by atoms with Crippen molar-refractivity contribution >= 4 is 0 Å². The molecule has 3 atom stereocenters. The van der Waals surface area contributed by atoms with Crippen molar-refractivity contribution in [1.29, 1.82) is 0 Å². The predicted octanol–water partition coefficient (Wildman–Crippen LogP) is 3.49. The maximum absolute atomic E-state index is 9.45. The quantitative estimate of drug-likeness (QED) is 0.864. The Morgan fingerprint density at radius 2 is 2.00 bits per heavy atom. The lowest BCUT2D eigenvalue weighted by Crippen LogP contribution is -2.13. The zero-order chi connectivity index (χ0) is 12.3. The Morgan fingerprint density at radius 3 is 2.53 bits per heavy atom. The molecule has 17 heavy (non-hydrogen) atoms. The summed E-state index contributed by atoms with van der Waals surface area (Å²) in [6, 6.07) is 8.39. The largest absolute Gasteiger partial charge is 0.490 e. The lowest BCUT2D eigenvalue weighted by molar-refractivity contribution is 0.150. The van der Waals surface area contributed by atoms with Gasteiger partial charge in [0.2, 0.25) is 0 Å². The van der Waals surface area contributed by atoms with Crippen LogP contribution < -0.4 is 4.74 Å². The Bertz CT molecular complexity index is 344. The van der Waals surface area contributed by atoms with Crippen LogP contribution in [0.4, 0.5) is 0 Å². The predicted molar refractivity (Wildman–Crippen MR) is 69.4 cm³/mol. The Labute approximate surface area is 104 Å². The van der Waals surface area contributed by atoms with Crippen molar-refractivity contribution in [3.05, 3.63) is 29.8 Å². The van der Waals surface area contributed by atoms with E-state index in [0.717, 1.165) is 31.4 Å². The van der Waals surface area contributed by atoms with Crippen LogP contribution in [0.25, 0.3) is 0 Å². The van der Waals surface area contributed by atoms with Gasteiger partial charge in [0.15, 0.2) is 0 Å². The van der Waals surface area contributed by atoms with E-state index in [9.17, 15) is 5.11 Å². The molecule has 0 amide bonds. The van der Waals surface area contributed by atoms with E-state index in [2.05, 4.69) is 26.0 Å². The smallest absolute Gasteiger partial charge is 0.119 e. The molecule has 3 unspecified atom stereocenters. The summed E-state index contributed by atoms with van der Waals surface area (Å²) in [5.74, 6) is 1.54. The molecule has 1 aromatic carbocycles. The molecule has 0 aliphatic heterocycles. The maximum Gasteiger partial charge on any atom is 0.119 e. The SMILES string of the molecule is CCC(C)c1ccc(OC2CCC(O)C2)cc1. The second-order valence-electron chi connectivity index (χ2n) is 5.09. The molecular weight excluding hydrogens is 212 g/mol. The summed E-state index contributed by atoms with van der Waals surface area (Å²) < 4.78 is 5.85. The van der Waals surface area contributed by atoms with Crippen LogP contribution in [0.3, 0.4) is 0 Å². The van der Waals surface area contributed by atoms with Gasteiger partial charge in [0.1, 0.15) is 11.9 Å². The standard InChI is InChI=1S/C15H22O2/c1-3-11(2)12-4-7-14(8-5-12)17-15-9-6-13(16)10-15/h4-5,7-8,11,13,15-16H,3,6,9-10H2,1-2H3. The molecule has 0 bridgehead atoms. The molecule has 0 aromatic heterocycles. The molecule has 2 heteroatoms. The molecule has 1 aliphatic rings. The van der Waals surface area contributed by atoms with Crippen molar-refractivity contribution in [2.45, 2.75) is 57.7 Å². The third-order valence-electron chi connectivity index (χ3n) is 3.72. The molecule has 0 radical (unpaired) electrons. The van der Waals surface area contributed by atoms with Crippen molar-refractivity contribution in [2.75, 3.05) is 0 Å². The van der Waals surface area contributed by atoms with E-state index in [4.69, 9.17) is 4.74 Å². The molecule has 1 N–H and O–H groups in total. The number of hydrogen-bond acceptors (Lipinski definition) is 2. The first-order valence-electron chi connectivity index (χ1n) is 6.63. The summed E-state index contributed by atoms with van der Waals surface area (Å²) in [6.07, 6.45) is 3.80. The van der Waals surface area contributed by atoms with Crippen molar-refractivity contribution < 1.29 is 9.84 Å². The fourth-order valence-corrected chi connectivity index (χ4v) is 2.33. The normalized spacial score (nSPS) is 25.8. The lowest BCUT2D eigenvalue weighted by Gasteiger charge is -2.14. The Hall–Kier alpha value is -1.02. The minimum Gasteiger partial charge on any atom is -0.490 e. The Kier molecular flexibility index (Phi) is 4.06. The maximum atomic E-state index is 9.45. The third kappa shape index (κ3) is 3.22. The number of hydrogen-bond donors (Lipinski definition) is 1. The van der Waals surface area contributed by atoms with E-state index in [1.165, 1.54) is 5.56 Å². The molecule has 0 heterocycles.